The lowest BCUT2D eigenvalue weighted by atomic mass is 10.1. The number of nitrogens with one attached hydrogen (secondary N) is 1. The third-order valence-corrected chi connectivity index (χ3v) is 7.59. The lowest BCUT2D eigenvalue weighted by Gasteiger charge is -2.32. The molecule has 0 heterocycles. The average molecular weight is 552 g/mol. The molecule has 0 bridgehead atoms. The molecule has 0 aromatic heterocycles. The number of carbonyl (C=O) groups excluding carboxylic acids is 2. The number of rotatable bonds is 14. The van der Waals surface area contributed by atoms with Gasteiger partial charge in [0, 0.05) is 30.6 Å². The van der Waals surface area contributed by atoms with Crippen molar-refractivity contribution in [2.24, 2.45) is 0 Å². The normalized spacial score (nSPS) is 12.9. The van der Waals surface area contributed by atoms with E-state index in [0.717, 1.165) is 18.2 Å². The highest BCUT2D eigenvalue weighted by atomic mass is 35.5. The Morgan fingerprint density at radius 3 is 2.32 bits per heavy atom. The summed E-state index contributed by atoms with van der Waals surface area (Å²) in [4.78, 5) is 28.2. The number of amides is 2. The van der Waals surface area contributed by atoms with Gasteiger partial charge in [0.2, 0.25) is 21.8 Å². The predicted octanol–water partition coefficient (Wildman–Crippen LogP) is 4.62. The summed E-state index contributed by atoms with van der Waals surface area (Å²) < 4.78 is 31.4. The van der Waals surface area contributed by atoms with Crippen LogP contribution in [0.15, 0.2) is 48.5 Å². The molecule has 37 heavy (non-hydrogen) atoms. The molecule has 0 fully saturated rings. The van der Waals surface area contributed by atoms with Gasteiger partial charge in [-0.25, -0.2) is 8.42 Å². The van der Waals surface area contributed by atoms with Crippen LogP contribution in [0.1, 0.15) is 52.0 Å². The second-order valence-electron chi connectivity index (χ2n) is 9.03. The number of methoxy groups -OCH3 is 1. The molecule has 2 aromatic carbocycles. The van der Waals surface area contributed by atoms with Gasteiger partial charge in [-0.2, -0.15) is 0 Å². The van der Waals surface area contributed by atoms with Crippen molar-refractivity contribution in [2.45, 2.75) is 65.1 Å². The lowest BCUT2D eigenvalue weighted by molar-refractivity contribution is -0.141. The zero-order valence-electron chi connectivity index (χ0n) is 22.2. The molecule has 0 aliphatic heterocycles. The van der Waals surface area contributed by atoms with Crippen LogP contribution in [0.4, 0.5) is 5.69 Å². The van der Waals surface area contributed by atoms with Crippen LogP contribution in [-0.4, -0.2) is 57.1 Å². The van der Waals surface area contributed by atoms with Crippen LogP contribution in [-0.2, 0) is 26.2 Å². The smallest absolute Gasteiger partial charge is 0.243 e. The zero-order valence-corrected chi connectivity index (χ0v) is 23.8. The minimum absolute atomic E-state index is 0.0157. The van der Waals surface area contributed by atoms with E-state index in [4.69, 9.17) is 16.3 Å². The van der Waals surface area contributed by atoms with Crippen molar-refractivity contribution >= 4 is 39.1 Å². The van der Waals surface area contributed by atoms with Crippen molar-refractivity contribution in [2.75, 3.05) is 24.2 Å². The van der Waals surface area contributed by atoms with Crippen molar-refractivity contribution < 1.29 is 22.7 Å². The molecule has 0 aliphatic rings. The van der Waals surface area contributed by atoms with Gasteiger partial charge < -0.3 is 15.0 Å². The number of ether oxygens (including phenoxy) is 1. The number of benzene rings is 2. The van der Waals surface area contributed by atoms with Crippen LogP contribution in [0.5, 0.6) is 5.75 Å². The molecule has 2 aromatic rings. The van der Waals surface area contributed by atoms with Crippen LogP contribution in [0.2, 0.25) is 5.02 Å². The minimum atomic E-state index is -3.57. The molecule has 0 saturated carbocycles. The first-order chi connectivity index (χ1) is 17.5. The summed E-state index contributed by atoms with van der Waals surface area (Å²) in [5, 5.41) is 3.49. The van der Waals surface area contributed by atoms with Gasteiger partial charge in [-0.1, -0.05) is 37.6 Å². The Labute approximate surface area is 226 Å². The average Bonchev–Trinajstić information content (AvgIpc) is 2.86. The van der Waals surface area contributed by atoms with Crippen LogP contribution in [0, 0.1) is 0 Å². The molecular formula is C27H38ClN3O5S. The van der Waals surface area contributed by atoms with E-state index in [9.17, 15) is 18.0 Å². The number of anilines is 1. The Bertz CT molecular complexity index is 1140. The Balaban J connectivity index is 2.24. The van der Waals surface area contributed by atoms with Crippen LogP contribution >= 0.6 is 11.6 Å². The molecule has 2 atom stereocenters. The fraction of sp³-hybridized carbons (Fsp3) is 0.481. The molecule has 0 radical (unpaired) electrons. The Kier molecular flexibility index (Phi) is 11.7. The van der Waals surface area contributed by atoms with Crippen molar-refractivity contribution in [3.8, 4) is 5.75 Å². The molecule has 0 aliphatic carbocycles. The van der Waals surface area contributed by atoms with Gasteiger partial charge in [-0.15, -0.1) is 0 Å². The Morgan fingerprint density at radius 1 is 1.08 bits per heavy atom. The van der Waals surface area contributed by atoms with E-state index in [0.29, 0.717) is 22.9 Å². The van der Waals surface area contributed by atoms with E-state index < -0.39 is 16.1 Å². The first-order valence-corrected chi connectivity index (χ1v) is 14.7. The number of sulfonamides is 1. The quantitative estimate of drug-likeness (QED) is 0.370. The summed E-state index contributed by atoms with van der Waals surface area (Å²) in [6.45, 7) is 6.14. The van der Waals surface area contributed by atoms with Gasteiger partial charge in [0.15, 0.2) is 0 Å². The lowest BCUT2D eigenvalue weighted by Crippen LogP contribution is -2.50. The maximum atomic E-state index is 13.5. The Morgan fingerprint density at radius 2 is 1.76 bits per heavy atom. The number of hydrogen-bond donors (Lipinski definition) is 1. The van der Waals surface area contributed by atoms with Crippen LogP contribution < -0.4 is 14.4 Å². The molecule has 0 spiro atoms. The van der Waals surface area contributed by atoms with Gasteiger partial charge in [-0.05, 0) is 68.1 Å². The van der Waals surface area contributed by atoms with Gasteiger partial charge >= 0.3 is 0 Å². The van der Waals surface area contributed by atoms with Crippen LogP contribution in [0.25, 0.3) is 0 Å². The van der Waals surface area contributed by atoms with Gasteiger partial charge in [0.05, 0.1) is 19.1 Å². The number of carbonyl (C=O) groups is 2. The third kappa shape index (κ3) is 9.23. The predicted molar refractivity (Wildman–Crippen MR) is 148 cm³/mol. The van der Waals surface area contributed by atoms with E-state index in [1.165, 1.54) is 4.31 Å². The highest BCUT2D eigenvalue weighted by Crippen LogP contribution is 2.22. The molecule has 1 N–H and O–H groups in total. The molecule has 0 saturated heterocycles. The molecule has 2 rings (SSSR count). The summed E-state index contributed by atoms with van der Waals surface area (Å²) >= 11 is 5.95. The number of nitrogens with zero attached hydrogens (tertiary/aromatic N) is 2. The molecule has 2 amide bonds. The van der Waals surface area contributed by atoms with E-state index in [2.05, 4.69) is 5.32 Å². The second-order valence-corrected chi connectivity index (χ2v) is 11.4. The number of hydrogen-bond acceptors (Lipinski definition) is 5. The summed E-state index contributed by atoms with van der Waals surface area (Å²) in [6.07, 6.45) is 2.71. The van der Waals surface area contributed by atoms with Gasteiger partial charge in [0.25, 0.3) is 0 Å². The molecule has 10 heteroatoms. The first-order valence-electron chi connectivity index (χ1n) is 12.5. The van der Waals surface area contributed by atoms with E-state index in [1.54, 1.807) is 36.3 Å². The van der Waals surface area contributed by atoms with Crippen molar-refractivity contribution in [3.63, 3.8) is 0 Å². The third-order valence-electron chi connectivity index (χ3n) is 6.14. The zero-order chi connectivity index (χ0) is 27.6. The fourth-order valence-corrected chi connectivity index (χ4v) is 5.03. The minimum Gasteiger partial charge on any atom is -0.497 e. The van der Waals surface area contributed by atoms with Crippen molar-refractivity contribution in [1.82, 2.24) is 10.2 Å². The highest BCUT2D eigenvalue weighted by Gasteiger charge is 2.29. The summed E-state index contributed by atoms with van der Waals surface area (Å²) in [5.41, 5.74) is 1.31. The topological polar surface area (TPSA) is 96.0 Å². The van der Waals surface area contributed by atoms with Crippen LogP contribution in [0.3, 0.4) is 0 Å². The summed E-state index contributed by atoms with van der Waals surface area (Å²) in [7, 11) is -1.99. The molecule has 8 nitrogen and oxygen atoms in total. The standard InChI is InChI=1S/C27H38ClN3O5S/c1-6-20(3)29-27(33)25(7-2)30(19-21-10-8-11-24(18-21)36-4)26(32)12-9-17-31(37(5,34)35)23-15-13-22(28)14-16-23/h8,10-11,13-16,18,20,25H,6-7,9,12,17,19H2,1-5H3,(H,29,33)/t20-,25-/m1/s1. The highest BCUT2D eigenvalue weighted by molar-refractivity contribution is 7.92. The van der Waals surface area contributed by atoms with Gasteiger partial charge in [-0.3, -0.25) is 13.9 Å². The maximum Gasteiger partial charge on any atom is 0.243 e. The van der Waals surface area contributed by atoms with Crippen molar-refractivity contribution in [1.29, 1.82) is 0 Å². The molecule has 0 unspecified atom stereocenters. The monoisotopic (exact) mass is 551 g/mol. The van der Waals surface area contributed by atoms with Crippen molar-refractivity contribution in [3.05, 3.63) is 59.1 Å². The van der Waals surface area contributed by atoms with E-state index >= 15 is 0 Å². The SMILES string of the molecule is CC[C@@H](C)NC(=O)[C@@H](CC)N(Cc1cccc(OC)c1)C(=O)CCCN(c1ccc(Cl)cc1)S(C)(=O)=O. The van der Waals surface area contributed by atoms with E-state index in [-0.39, 0.29) is 43.8 Å². The fourth-order valence-electron chi connectivity index (χ4n) is 3.94. The maximum absolute atomic E-state index is 13.5. The number of halogens is 1. The largest absolute Gasteiger partial charge is 0.497 e. The van der Waals surface area contributed by atoms with Gasteiger partial charge in [0.1, 0.15) is 11.8 Å². The Hall–Kier alpha value is -2.78. The molecular weight excluding hydrogens is 514 g/mol. The van der Waals surface area contributed by atoms with E-state index in [1.807, 2.05) is 45.0 Å². The first kappa shape index (κ1) is 30.4. The second kappa shape index (κ2) is 14.2. The summed E-state index contributed by atoms with van der Waals surface area (Å²) in [6, 6.07) is 13.2. The molecule has 204 valence electrons. The summed E-state index contributed by atoms with van der Waals surface area (Å²) in [5.74, 6) is 0.235.